The third-order valence-corrected chi connectivity index (χ3v) is 4.89. The number of rotatable bonds is 10. The van der Waals surface area contributed by atoms with Crippen molar-refractivity contribution in [2.75, 3.05) is 6.61 Å². The number of esters is 1. The average Bonchev–Trinajstić information content (AvgIpc) is 2.47. The molecule has 3 N–H and O–H groups in total. The van der Waals surface area contributed by atoms with Gasteiger partial charge in [-0.25, -0.2) is 4.79 Å². The van der Waals surface area contributed by atoms with Gasteiger partial charge < -0.3 is 10.9 Å². The van der Waals surface area contributed by atoms with Crippen LogP contribution < -0.4 is 6.15 Å². The largest absolute Gasteiger partial charge is 0.459 e. The molecule has 1 heterocycles. The maximum absolute atomic E-state index is 11.9. The minimum absolute atomic E-state index is 0. The van der Waals surface area contributed by atoms with Crippen molar-refractivity contribution in [3.8, 4) is 0 Å². The maximum atomic E-state index is 11.9. The van der Waals surface area contributed by atoms with E-state index in [-0.39, 0.29) is 29.3 Å². The minimum atomic E-state index is -0.293. The van der Waals surface area contributed by atoms with E-state index in [1.165, 1.54) is 32.1 Å². The zero-order chi connectivity index (χ0) is 19.1. The van der Waals surface area contributed by atoms with Crippen LogP contribution in [0.5, 0.6) is 0 Å². The van der Waals surface area contributed by atoms with Gasteiger partial charge in [0.2, 0.25) is 0 Å². The van der Waals surface area contributed by atoms with E-state index in [4.69, 9.17) is 9.57 Å². The second-order valence-electron chi connectivity index (χ2n) is 8.74. The van der Waals surface area contributed by atoms with Crippen molar-refractivity contribution >= 4 is 5.97 Å². The van der Waals surface area contributed by atoms with Gasteiger partial charge in [-0.1, -0.05) is 45.6 Å². The first-order valence-corrected chi connectivity index (χ1v) is 9.90. The predicted molar refractivity (Wildman–Crippen MR) is 108 cm³/mol. The van der Waals surface area contributed by atoms with E-state index in [0.717, 1.165) is 25.9 Å². The first kappa shape index (κ1) is 25.1. The normalized spacial score (nSPS) is 19.6. The quantitative estimate of drug-likeness (QED) is 0.308. The lowest BCUT2D eigenvalue weighted by Gasteiger charge is -2.53. The van der Waals surface area contributed by atoms with Crippen molar-refractivity contribution in [3.05, 3.63) is 12.2 Å². The zero-order valence-electron chi connectivity index (χ0n) is 18.0. The molecule has 1 aliphatic rings. The lowest BCUT2D eigenvalue weighted by molar-refractivity contribution is -0.293. The zero-order valence-corrected chi connectivity index (χ0v) is 18.0. The molecule has 0 atom stereocenters. The van der Waals surface area contributed by atoms with Gasteiger partial charge in [-0.3, -0.25) is 4.84 Å². The molecule has 0 amide bonds. The molecule has 1 aliphatic heterocycles. The smallest absolute Gasteiger partial charge is 0.333 e. The van der Waals surface area contributed by atoms with Crippen molar-refractivity contribution in [2.24, 2.45) is 0 Å². The van der Waals surface area contributed by atoms with Gasteiger partial charge in [-0.05, 0) is 41.0 Å². The highest BCUT2D eigenvalue weighted by Crippen LogP contribution is 2.40. The highest BCUT2D eigenvalue weighted by atomic mass is 16.7. The molecule has 0 unspecified atom stereocenters. The average molecular weight is 371 g/mol. The molecule has 5 heteroatoms. The lowest BCUT2D eigenvalue weighted by atomic mass is 9.80. The van der Waals surface area contributed by atoms with Crippen LogP contribution >= 0.6 is 0 Å². The molecule has 0 radical (unpaired) electrons. The molecule has 154 valence electrons. The Morgan fingerprint density at radius 3 is 2.04 bits per heavy atom. The van der Waals surface area contributed by atoms with Crippen LogP contribution in [-0.4, -0.2) is 34.8 Å². The fourth-order valence-corrected chi connectivity index (χ4v) is 3.89. The molecule has 5 nitrogen and oxygen atoms in total. The summed E-state index contributed by atoms with van der Waals surface area (Å²) in [5.74, 6) is -0.293. The van der Waals surface area contributed by atoms with Crippen molar-refractivity contribution in [3.63, 3.8) is 0 Å². The van der Waals surface area contributed by atoms with E-state index in [1.54, 1.807) is 6.92 Å². The molecule has 1 rings (SSSR count). The Kier molecular flexibility index (Phi) is 10.7. The van der Waals surface area contributed by atoms with Crippen LogP contribution in [0.25, 0.3) is 0 Å². The summed E-state index contributed by atoms with van der Waals surface area (Å²) in [7, 11) is 0. The molecule has 0 aromatic heterocycles. The summed E-state index contributed by atoms with van der Waals surface area (Å²) in [5, 5.41) is 2.14. The number of ether oxygens (including phenoxy) is 1. The van der Waals surface area contributed by atoms with Gasteiger partial charge in [0.1, 0.15) is 6.10 Å². The number of carbonyl (C=O) groups excluding carboxylic acids is 1. The third-order valence-electron chi connectivity index (χ3n) is 4.89. The van der Waals surface area contributed by atoms with Crippen molar-refractivity contribution in [1.82, 2.24) is 11.2 Å². The molecule has 0 aliphatic carbocycles. The van der Waals surface area contributed by atoms with Gasteiger partial charge >= 0.3 is 5.97 Å². The summed E-state index contributed by atoms with van der Waals surface area (Å²) in [5.41, 5.74) is 0.103. The highest BCUT2D eigenvalue weighted by Gasteiger charge is 2.47. The van der Waals surface area contributed by atoms with Crippen LogP contribution in [0.2, 0.25) is 0 Å². The predicted octanol–water partition coefficient (Wildman–Crippen LogP) is 5.58. The van der Waals surface area contributed by atoms with Crippen molar-refractivity contribution < 1.29 is 14.4 Å². The first-order chi connectivity index (χ1) is 11.6. The Balaban J connectivity index is 0.00000625. The molecule has 1 saturated heterocycles. The molecular weight excluding hydrogens is 328 g/mol. The maximum Gasteiger partial charge on any atom is 0.333 e. The number of hydrogen-bond donors (Lipinski definition) is 1. The van der Waals surface area contributed by atoms with E-state index < -0.39 is 0 Å². The third kappa shape index (κ3) is 7.77. The van der Waals surface area contributed by atoms with Crippen LogP contribution in [0.15, 0.2) is 12.2 Å². The standard InChI is InChI=1S/C21H39NO3.H3N/c1-8-9-10-11-12-13-14-24-22-20(4,5)15-18(16-21(22,6)7)25-19(23)17(2)3;/h18H,2,8-16H2,1,3-7H3;1H3. The van der Waals surface area contributed by atoms with Gasteiger partial charge in [0.05, 0.1) is 6.61 Å². The molecule has 26 heavy (non-hydrogen) atoms. The van der Waals surface area contributed by atoms with Gasteiger partial charge in [0.15, 0.2) is 0 Å². The monoisotopic (exact) mass is 370 g/mol. The second kappa shape index (κ2) is 11.1. The number of hydroxylamine groups is 2. The summed E-state index contributed by atoms with van der Waals surface area (Å²) in [6.45, 7) is 17.0. The van der Waals surface area contributed by atoms with E-state index in [0.29, 0.717) is 5.57 Å². The van der Waals surface area contributed by atoms with Crippen LogP contribution in [0.3, 0.4) is 0 Å². The van der Waals surface area contributed by atoms with E-state index in [9.17, 15) is 4.79 Å². The summed E-state index contributed by atoms with van der Waals surface area (Å²) in [4.78, 5) is 18.1. The number of hydrogen-bond acceptors (Lipinski definition) is 5. The number of carbonyl (C=O) groups is 1. The Hall–Kier alpha value is -0.910. The summed E-state index contributed by atoms with van der Waals surface area (Å²) >= 11 is 0. The van der Waals surface area contributed by atoms with E-state index in [2.05, 4.69) is 46.3 Å². The molecule has 0 spiro atoms. The number of nitrogens with zero attached hydrogens (tertiary/aromatic N) is 1. The molecule has 0 aromatic rings. The van der Waals surface area contributed by atoms with E-state index >= 15 is 0 Å². The topological polar surface area (TPSA) is 73.8 Å². The minimum Gasteiger partial charge on any atom is -0.459 e. The molecule has 0 aromatic carbocycles. The second-order valence-corrected chi connectivity index (χ2v) is 8.74. The number of piperidine rings is 1. The SMILES string of the molecule is C=C(C)C(=O)OC1CC(C)(C)N(OCCCCCCCC)C(C)(C)C1.N. The molecule has 0 bridgehead atoms. The van der Waals surface area contributed by atoms with Crippen molar-refractivity contribution in [2.45, 2.75) is 110 Å². The van der Waals surface area contributed by atoms with Gasteiger partial charge in [0, 0.05) is 29.5 Å². The van der Waals surface area contributed by atoms with E-state index in [1.807, 2.05) is 0 Å². The van der Waals surface area contributed by atoms with Gasteiger partial charge in [-0.2, -0.15) is 5.06 Å². The highest BCUT2D eigenvalue weighted by molar-refractivity contribution is 5.87. The summed E-state index contributed by atoms with van der Waals surface area (Å²) in [6.07, 6.45) is 9.01. The molecule has 1 fully saturated rings. The van der Waals surface area contributed by atoms with Gasteiger partial charge in [-0.15, -0.1) is 0 Å². The van der Waals surface area contributed by atoms with Crippen molar-refractivity contribution in [1.29, 1.82) is 0 Å². The Bertz CT molecular complexity index is 429. The fraction of sp³-hybridized carbons (Fsp3) is 0.857. The van der Waals surface area contributed by atoms with Gasteiger partial charge in [0.25, 0.3) is 0 Å². The molecule has 0 saturated carbocycles. The summed E-state index contributed by atoms with van der Waals surface area (Å²) < 4.78 is 5.63. The number of unbranched alkanes of at least 4 members (excludes halogenated alkanes) is 5. The Morgan fingerprint density at radius 2 is 1.54 bits per heavy atom. The van der Waals surface area contributed by atoms with Crippen LogP contribution in [0.4, 0.5) is 0 Å². The first-order valence-electron chi connectivity index (χ1n) is 9.90. The van der Waals surface area contributed by atoms with Crippen LogP contribution in [0.1, 0.15) is 92.9 Å². The fourth-order valence-electron chi connectivity index (χ4n) is 3.89. The molecular formula is C21H42N2O3. The Labute approximate surface area is 161 Å². The Morgan fingerprint density at radius 1 is 1.04 bits per heavy atom. The van der Waals surface area contributed by atoms with Crippen LogP contribution in [0, 0.1) is 0 Å². The summed E-state index contributed by atoms with van der Waals surface area (Å²) in [6, 6.07) is 0. The van der Waals surface area contributed by atoms with Crippen LogP contribution in [-0.2, 0) is 14.4 Å². The lowest BCUT2D eigenvalue weighted by Crippen LogP contribution is -2.62.